The Morgan fingerprint density at radius 2 is 1.62 bits per heavy atom. The number of hydrogen-bond acceptors (Lipinski definition) is 9. The van der Waals surface area contributed by atoms with E-state index in [-0.39, 0.29) is 16.9 Å². The first-order valence-corrected chi connectivity index (χ1v) is 10.2. The summed E-state index contributed by atoms with van der Waals surface area (Å²) in [5, 5.41) is 12.2. The fraction of sp³-hybridized carbons (Fsp3) is 0.235. The molecule has 3 aromatic rings. The van der Waals surface area contributed by atoms with E-state index in [4.69, 9.17) is 30.0 Å². The van der Waals surface area contributed by atoms with Gasteiger partial charge in [-0.1, -0.05) is 11.6 Å². The van der Waals surface area contributed by atoms with Crippen LogP contribution in [0.2, 0.25) is 5.15 Å². The quantitative estimate of drug-likeness (QED) is 0.510. The van der Waals surface area contributed by atoms with Crippen LogP contribution in [0.1, 0.15) is 0 Å². The van der Waals surface area contributed by atoms with Crippen molar-refractivity contribution in [2.24, 2.45) is 0 Å². The highest BCUT2D eigenvalue weighted by Crippen LogP contribution is 2.41. The average Bonchev–Trinajstić information content (AvgIpc) is 3.09. The van der Waals surface area contributed by atoms with Crippen LogP contribution in [-0.4, -0.2) is 56.0 Å². The van der Waals surface area contributed by atoms with Crippen molar-refractivity contribution in [3.63, 3.8) is 0 Å². The largest absolute Gasteiger partial charge is 0.493 e. The lowest BCUT2D eigenvalue weighted by atomic mass is 10.1. The van der Waals surface area contributed by atoms with Gasteiger partial charge in [0, 0.05) is 11.6 Å². The van der Waals surface area contributed by atoms with Crippen molar-refractivity contribution in [2.75, 3.05) is 27.6 Å². The Labute approximate surface area is 172 Å². The van der Waals surface area contributed by atoms with Crippen LogP contribution in [0.4, 0.5) is 0 Å². The molecule has 12 heteroatoms. The minimum atomic E-state index is -3.83. The zero-order chi connectivity index (χ0) is 21.2. The van der Waals surface area contributed by atoms with Crippen molar-refractivity contribution >= 4 is 21.7 Å². The van der Waals surface area contributed by atoms with Crippen molar-refractivity contribution in [1.29, 1.82) is 0 Å². The number of halogens is 1. The third-order valence-corrected chi connectivity index (χ3v) is 4.38. The smallest absolute Gasteiger partial charge is 0.307 e. The van der Waals surface area contributed by atoms with Gasteiger partial charge in [0.2, 0.25) is 11.6 Å². The van der Waals surface area contributed by atoms with Gasteiger partial charge in [-0.2, -0.15) is 18.2 Å². The summed E-state index contributed by atoms with van der Waals surface area (Å²) < 4.78 is 45.7. The Balaban J connectivity index is 2.18. The SMILES string of the molecule is COc1cc(-c2cc(OS(C)(=O)=O)n(-c3ccc(Cl)nn3)n2)cc(OC)c1OC. The van der Waals surface area contributed by atoms with Crippen molar-refractivity contribution in [3.8, 4) is 40.2 Å². The second-order valence-electron chi connectivity index (χ2n) is 5.70. The Kier molecular flexibility index (Phi) is 5.80. The summed E-state index contributed by atoms with van der Waals surface area (Å²) in [6, 6.07) is 7.81. The first kappa shape index (κ1) is 20.7. The molecule has 0 radical (unpaired) electrons. The molecule has 0 amide bonds. The molecule has 0 aliphatic carbocycles. The van der Waals surface area contributed by atoms with Crippen LogP contribution >= 0.6 is 11.6 Å². The van der Waals surface area contributed by atoms with Gasteiger partial charge in [0.05, 0.1) is 33.3 Å². The molecule has 0 N–H and O–H groups in total. The number of methoxy groups -OCH3 is 3. The minimum Gasteiger partial charge on any atom is -0.493 e. The van der Waals surface area contributed by atoms with Crippen molar-refractivity contribution in [2.45, 2.75) is 0 Å². The van der Waals surface area contributed by atoms with Crippen molar-refractivity contribution in [1.82, 2.24) is 20.0 Å². The molecule has 1 aromatic carbocycles. The lowest BCUT2D eigenvalue weighted by molar-refractivity contribution is 0.324. The molecule has 154 valence electrons. The normalized spacial score (nSPS) is 11.2. The summed E-state index contributed by atoms with van der Waals surface area (Å²) in [7, 11) is 0.641. The van der Waals surface area contributed by atoms with Gasteiger partial charge < -0.3 is 18.4 Å². The summed E-state index contributed by atoms with van der Waals surface area (Å²) >= 11 is 5.77. The van der Waals surface area contributed by atoms with Crippen LogP contribution in [0.3, 0.4) is 0 Å². The van der Waals surface area contributed by atoms with Gasteiger partial charge in [-0.25, -0.2) is 0 Å². The van der Waals surface area contributed by atoms with Gasteiger partial charge in [-0.15, -0.1) is 10.2 Å². The monoisotopic (exact) mass is 440 g/mol. The van der Waals surface area contributed by atoms with E-state index in [0.29, 0.717) is 28.5 Å². The number of ether oxygens (including phenoxy) is 3. The number of benzene rings is 1. The summed E-state index contributed by atoms with van der Waals surface area (Å²) in [5.41, 5.74) is 0.943. The predicted molar refractivity (Wildman–Crippen MR) is 105 cm³/mol. The molecule has 0 aliphatic heterocycles. The summed E-state index contributed by atoms with van der Waals surface area (Å²) in [6.07, 6.45) is 0.928. The Morgan fingerprint density at radius 1 is 0.966 bits per heavy atom. The van der Waals surface area contributed by atoms with Crippen LogP contribution in [0.25, 0.3) is 17.1 Å². The van der Waals surface area contributed by atoms with E-state index in [1.165, 1.54) is 44.2 Å². The molecule has 0 atom stereocenters. The molecule has 0 aliphatic rings. The number of nitrogens with zero attached hydrogens (tertiary/aromatic N) is 4. The molecule has 2 heterocycles. The maximum absolute atomic E-state index is 11.7. The fourth-order valence-corrected chi connectivity index (χ4v) is 3.06. The van der Waals surface area contributed by atoms with E-state index >= 15 is 0 Å². The van der Waals surface area contributed by atoms with E-state index in [9.17, 15) is 8.42 Å². The fourth-order valence-electron chi connectivity index (χ4n) is 2.53. The number of aromatic nitrogens is 4. The van der Waals surface area contributed by atoms with Gasteiger partial charge >= 0.3 is 10.1 Å². The topological polar surface area (TPSA) is 115 Å². The highest BCUT2D eigenvalue weighted by atomic mass is 35.5. The predicted octanol–water partition coefficient (Wildman–Crippen LogP) is 2.35. The zero-order valence-corrected chi connectivity index (χ0v) is 17.5. The van der Waals surface area contributed by atoms with Gasteiger partial charge in [-0.3, -0.25) is 0 Å². The standard InChI is InChI=1S/C17H17ClN4O6S/c1-25-12-7-10(8-13(26-2)17(12)27-3)11-9-16(28-29(4,23)24)22(21-11)15-6-5-14(18)19-20-15/h5-9H,1-4H3. The lowest BCUT2D eigenvalue weighted by Crippen LogP contribution is -2.11. The van der Waals surface area contributed by atoms with Gasteiger partial charge in [0.1, 0.15) is 0 Å². The Hall–Kier alpha value is -3.05. The van der Waals surface area contributed by atoms with Crippen LogP contribution in [0.5, 0.6) is 23.1 Å². The molecule has 0 spiro atoms. The van der Waals surface area contributed by atoms with Crippen LogP contribution < -0.4 is 18.4 Å². The van der Waals surface area contributed by atoms with E-state index in [1.807, 2.05) is 0 Å². The van der Waals surface area contributed by atoms with Crippen LogP contribution in [0, 0.1) is 0 Å². The van der Waals surface area contributed by atoms with E-state index in [2.05, 4.69) is 15.3 Å². The molecule has 0 saturated carbocycles. The molecule has 0 saturated heterocycles. The second-order valence-corrected chi connectivity index (χ2v) is 7.66. The van der Waals surface area contributed by atoms with Gasteiger partial charge in [0.25, 0.3) is 0 Å². The lowest BCUT2D eigenvalue weighted by Gasteiger charge is -2.13. The third-order valence-electron chi connectivity index (χ3n) is 3.71. The molecule has 10 nitrogen and oxygen atoms in total. The van der Waals surface area contributed by atoms with E-state index in [1.54, 1.807) is 12.1 Å². The second kappa shape index (κ2) is 8.13. The first-order valence-electron chi connectivity index (χ1n) is 8.05. The minimum absolute atomic E-state index is 0.0760. The maximum Gasteiger partial charge on any atom is 0.307 e. The molecule has 2 aromatic heterocycles. The molecular weight excluding hydrogens is 424 g/mol. The summed E-state index contributed by atoms with van der Waals surface area (Å²) in [4.78, 5) is 0. The first-order chi connectivity index (χ1) is 13.8. The summed E-state index contributed by atoms with van der Waals surface area (Å²) in [6.45, 7) is 0. The highest BCUT2D eigenvalue weighted by molar-refractivity contribution is 7.86. The Morgan fingerprint density at radius 3 is 2.10 bits per heavy atom. The molecule has 29 heavy (non-hydrogen) atoms. The highest BCUT2D eigenvalue weighted by Gasteiger charge is 2.20. The number of hydrogen-bond donors (Lipinski definition) is 0. The van der Waals surface area contributed by atoms with Crippen LogP contribution in [-0.2, 0) is 10.1 Å². The molecule has 3 rings (SSSR count). The molecule has 0 fully saturated rings. The van der Waals surface area contributed by atoms with E-state index < -0.39 is 10.1 Å². The van der Waals surface area contributed by atoms with Gasteiger partial charge in [0.15, 0.2) is 22.5 Å². The molecule has 0 bridgehead atoms. The molecular formula is C17H17ClN4O6S. The van der Waals surface area contributed by atoms with Gasteiger partial charge in [-0.05, 0) is 24.3 Å². The molecule has 0 unspecified atom stereocenters. The summed E-state index contributed by atoms with van der Waals surface area (Å²) in [5.74, 6) is 1.37. The Bertz CT molecular complexity index is 1110. The average molecular weight is 441 g/mol. The van der Waals surface area contributed by atoms with E-state index in [0.717, 1.165) is 6.26 Å². The maximum atomic E-state index is 11.7. The third kappa shape index (κ3) is 4.51. The van der Waals surface area contributed by atoms with Crippen molar-refractivity contribution < 1.29 is 26.8 Å². The zero-order valence-electron chi connectivity index (χ0n) is 15.9. The number of rotatable bonds is 7. The van der Waals surface area contributed by atoms with Crippen molar-refractivity contribution in [3.05, 3.63) is 35.5 Å². The van der Waals surface area contributed by atoms with Crippen LogP contribution in [0.15, 0.2) is 30.3 Å².